The third-order valence-electron chi connectivity index (χ3n) is 3.03. The van der Waals surface area contributed by atoms with Crippen molar-refractivity contribution in [3.05, 3.63) is 29.3 Å². The van der Waals surface area contributed by atoms with Gasteiger partial charge in [0, 0.05) is 6.54 Å². The molecule has 0 radical (unpaired) electrons. The number of rotatable bonds is 8. The molecular weight excluding hydrogens is 242 g/mol. The van der Waals surface area contributed by atoms with E-state index in [1.165, 1.54) is 5.56 Å². The lowest BCUT2D eigenvalue weighted by molar-refractivity contribution is -0.138. The Morgan fingerprint density at radius 1 is 1.37 bits per heavy atom. The average Bonchev–Trinajstić information content (AvgIpc) is 2.36. The highest BCUT2D eigenvalue weighted by molar-refractivity contribution is 5.69. The monoisotopic (exact) mass is 265 g/mol. The molecule has 0 aliphatic heterocycles. The van der Waals surface area contributed by atoms with Crippen molar-refractivity contribution in [3.63, 3.8) is 0 Å². The summed E-state index contributed by atoms with van der Waals surface area (Å²) in [6.45, 7) is 8.23. The maximum atomic E-state index is 10.6. The van der Waals surface area contributed by atoms with Crippen LogP contribution in [0.2, 0.25) is 0 Å². The van der Waals surface area contributed by atoms with Gasteiger partial charge in [0.1, 0.15) is 5.75 Å². The predicted molar refractivity (Wildman–Crippen MR) is 75.8 cm³/mol. The van der Waals surface area contributed by atoms with Crippen LogP contribution in [0.5, 0.6) is 5.75 Å². The normalized spacial score (nSPS) is 10.7. The van der Waals surface area contributed by atoms with E-state index in [0.717, 1.165) is 30.8 Å². The molecule has 4 heteroatoms. The lowest BCUT2D eigenvalue weighted by Gasteiger charge is -2.18. The molecule has 1 rings (SSSR count). The summed E-state index contributed by atoms with van der Waals surface area (Å²) in [6.07, 6.45) is 0.828. The van der Waals surface area contributed by atoms with Crippen molar-refractivity contribution >= 4 is 5.97 Å². The van der Waals surface area contributed by atoms with Gasteiger partial charge in [-0.1, -0.05) is 19.1 Å². The molecule has 0 heterocycles. The molecule has 1 N–H and O–H groups in total. The molecule has 0 amide bonds. The highest BCUT2D eigenvalue weighted by Gasteiger charge is 2.07. The van der Waals surface area contributed by atoms with Gasteiger partial charge in [-0.2, -0.15) is 0 Å². The Labute approximate surface area is 115 Å². The zero-order valence-corrected chi connectivity index (χ0v) is 12.0. The van der Waals surface area contributed by atoms with Gasteiger partial charge in [0.05, 0.1) is 13.2 Å². The number of carbonyl (C=O) groups is 1. The molecule has 0 unspecified atom stereocenters. The molecular formula is C15H23NO3. The number of aliphatic carboxylic acids is 1. The maximum Gasteiger partial charge on any atom is 0.317 e. The van der Waals surface area contributed by atoms with Crippen LogP contribution in [0.1, 0.15) is 24.5 Å². The van der Waals surface area contributed by atoms with Gasteiger partial charge in [0.25, 0.3) is 0 Å². The van der Waals surface area contributed by atoms with E-state index in [-0.39, 0.29) is 6.54 Å². The molecule has 1 aromatic carbocycles. The van der Waals surface area contributed by atoms with Crippen LogP contribution in [0.15, 0.2) is 18.2 Å². The van der Waals surface area contributed by atoms with Crippen molar-refractivity contribution in [3.8, 4) is 5.75 Å². The summed E-state index contributed by atoms with van der Waals surface area (Å²) in [4.78, 5) is 12.5. The SMILES string of the molecule is CCN(CCCOc1cc(C)ccc1C)CC(=O)O. The zero-order chi connectivity index (χ0) is 14.3. The molecule has 1 aromatic rings. The number of hydrogen-bond acceptors (Lipinski definition) is 3. The number of aryl methyl sites for hydroxylation is 2. The number of hydrogen-bond donors (Lipinski definition) is 1. The van der Waals surface area contributed by atoms with Crippen LogP contribution in [0.25, 0.3) is 0 Å². The number of carboxylic acids is 1. The number of benzene rings is 1. The van der Waals surface area contributed by atoms with E-state index in [1.54, 1.807) is 0 Å². The van der Waals surface area contributed by atoms with Gasteiger partial charge in [-0.3, -0.25) is 9.69 Å². The van der Waals surface area contributed by atoms with Gasteiger partial charge in [-0.05, 0) is 44.0 Å². The summed E-state index contributed by atoms with van der Waals surface area (Å²) in [5.74, 6) is 0.138. The van der Waals surface area contributed by atoms with Crippen molar-refractivity contribution in [1.82, 2.24) is 4.90 Å². The highest BCUT2D eigenvalue weighted by atomic mass is 16.5. The first kappa shape index (κ1) is 15.5. The van der Waals surface area contributed by atoms with E-state index >= 15 is 0 Å². The number of ether oxygens (including phenoxy) is 1. The fourth-order valence-corrected chi connectivity index (χ4v) is 1.87. The van der Waals surface area contributed by atoms with E-state index in [4.69, 9.17) is 9.84 Å². The molecule has 0 aliphatic carbocycles. The predicted octanol–water partition coefficient (Wildman–Crippen LogP) is 2.48. The number of carboxylic acid groups (broad SMARTS) is 1. The third-order valence-corrected chi connectivity index (χ3v) is 3.03. The maximum absolute atomic E-state index is 10.6. The molecule has 19 heavy (non-hydrogen) atoms. The summed E-state index contributed by atoms with van der Waals surface area (Å²) in [6, 6.07) is 6.14. The topological polar surface area (TPSA) is 49.8 Å². The number of likely N-dealkylation sites (N-methyl/N-ethyl adjacent to an activating group) is 1. The van der Waals surface area contributed by atoms with Gasteiger partial charge in [0.2, 0.25) is 0 Å². The van der Waals surface area contributed by atoms with Crippen molar-refractivity contribution in [2.75, 3.05) is 26.2 Å². The zero-order valence-electron chi connectivity index (χ0n) is 12.0. The largest absolute Gasteiger partial charge is 0.493 e. The Bertz CT molecular complexity index is 418. The Hall–Kier alpha value is -1.55. The van der Waals surface area contributed by atoms with Crippen LogP contribution in [-0.2, 0) is 4.79 Å². The first-order valence-electron chi connectivity index (χ1n) is 6.67. The van der Waals surface area contributed by atoms with Gasteiger partial charge >= 0.3 is 5.97 Å². The lowest BCUT2D eigenvalue weighted by atomic mass is 10.1. The summed E-state index contributed by atoms with van der Waals surface area (Å²) < 4.78 is 5.74. The molecule has 0 aliphatic rings. The summed E-state index contributed by atoms with van der Waals surface area (Å²) in [7, 11) is 0. The minimum Gasteiger partial charge on any atom is -0.493 e. The molecule has 0 spiro atoms. The van der Waals surface area contributed by atoms with Crippen molar-refractivity contribution in [2.24, 2.45) is 0 Å². The average molecular weight is 265 g/mol. The molecule has 0 saturated carbocycles. The number of nitrogens with zero attached hydrogens (tertiary/aromatic N) is 1. The van der Waals surface area contributed by atoms with Crippen LogP contribution in [0.4, 0.5) is 0 Å². The minimum absolute atomic E-state index is 0.0972. The Kier molecular flexibility index (Phi) is 6.36. The fraction of sp³-hybridized carbons (Fsp3) is 0.533. The third kappa shape index (κ3) is 5.75. The van der Waals surface area contributed by atoms with Crippen LogP contribution in [0, 0.1) is 13.8 Å². The molecule has 0 fully saturated rings. The second kappa shape index (κ2) is 7.79. The minimum atomic E-state index is -0.780. The van der Waals surface area contributed by atoms with Gasteiger partial charge < -0.3 is 9.84 Å². The fourth-order valence-electron chi connectivity index (χ4n) is 1.87. The molecule has 0 saturated heterocycles. The van der Waals surface area contributed by atoms with Crippen molar-refractivity contribution < 1.29 is 14.6 Å². The molecule has 0 bridgehead atoms. The first-order chi connectivity index (χ1) is 9.02. The summed E-state index contributed by atoms with van der Waals surface area (Å²) in [5, 5.41) is 8.74. The van der Waals surface area contributed by atoms with Crippen LogP contribution < -0.4 is 4.74 Å². The molecule has 106 valence electrons. The van der Waals surface area contributed by atoms with E-state index in [0.29, 0.717) is 6.61 Å². The Morgan fingerprint density at radius 3 is 2.74 bits per heavy atom. The Morgan fingerprint density at radius 2 is 2.11 bits per heavy atom. The second-order valence-corrected chi connectivity index (χ2v) is 4.73. The van der Waals surface area contributed by atoms with Crippen molar-refractivity contribution in [2.45, 2.75) is 27.2 Å². The Balaban J connectivity index is 2.33. The quantitative estimate of drug-likeness (QED) is 0.734. The molecule has 0 aromatic heterocycles. The standard InChI is InChI=1S/C15H23NO3/c1-4-16(11-15(17)18)8-5-9-19-14-10-12(2)6-7-13(14)3/h6-7,10H,4-5,8-9,11H2,1-3H3,(H,17,18). The second-order valence-electron chi connectivity index (χ2n) is 4.73. The van der Waals surface area contributed by atoms with E-state index in [2.05, 4.69) is 6.07 Å². The molecule has 4 nitrogen and oxygen atoms in total. The highest BCUT2D eigenvalue weighted by Crippen LogP contribution is 2.19. The first-order valence-corrected chi connectivity index (χ1v) is 6.67. The van der Waals surface area contributed by atoms with Gasteiger partial charge in [0.15, 0.2) is 0 Å². The van der Waals surface area contributed by atoms with Crippen LogP contribution >= 0.6 is 0 Å². The van der Waals surface area contributed by atoms with E-state index in [9.17, 15) is 4.79 Å². The van der Waals surface area contributed by atoms with Gasteiger partial charge in [-0.25, -0.2) is 0 Å². The summed E-state index contributed by atoms with van der Waals surface area (Å²) in [5.41, 5.74) is 2.31. The summed E-state index contributed by atoms with van der Waals surface area (Å²) >= 11 is 0. The lowest BCUT2D eigenvalue weighted by Crippen LogP contribution is -2.31. The van der Waals surface area contributed by atoms with Gasteiger partial charge in [-0.15, -0.1) is 0 Å². The van der Waals surface area contributed by atoms with Crippen LogP contribution in [-0.4, -0.2) is 42.2 Å². The van der Waals surface area contributed by atoms with E-state index < -0.39 is 5.97 Å². The van der Waals surface area contributed by atoms with E-state index in [1.807, 2.05) is 37.8 Å². The van der Waals surface area contributed by atoms with Crippen molar-refractivity contribution in [1.29, 1.82) is 0 Å². The smallest absolute Gasteiger partial charge is 0.317 e. The molecule has 0 atom stereocenters. The van der Waals surface area contributed by atoms with Crippen LogP contribution in [0.3, 0.4) is 0 Å².